The Morgan fingerprint density at radius 2 is 1.53 bits per heavy atom. The molecule has 8 heteroatoms. The van der Waals surface area contributed by atoms with Gasteiger partial charge in [-0.15, -0.1) is 0 Å². The van der Waals surface area contributed by atoms with Crippen LogP contribution in [0.15, 0.2) is 42.5 Å². The lowest BCUT2D eigenvalue weighted by molar-refractivity contribution is -0.121. The van der Waals surface area contributed by atoms with Crippen molar-refractivity contribution < 1.29 is 23.9 Å². The zero-order valence-corrected chi connectivity index (χ0v) is 17.0. The highest BCUT2D eigenvalue weighted by Gasteiger charge is 2.30. The smallest absolute Gasteiger partial charge is 0.261 e. The molecule has 3 N–H and O–H groups in total. The monoisotopic (exact) mass is 411 g/mol. The maximum atomic E-state index is 13.0. The normalized spacial score (nSPS) is 14.1. The number of primary amides is 1. The van der Waals surface area contributed by atoms with Crippen LogP contribution < -0.4 is 20.5 Å². The highest BCUT2D eigenvalue weighted by molar-refractivity contribution is 6.00. The fourth-order valence-electron chi connectivity index (χ4n) is 3.53. The third kappa shape index (κ3) is 4.53. The molecule has 0 aliphatic carbocycles. The average molecular weight is 411 g/mol. The van der Waals surface area contributed by atoms with Gasteiger partial charge < -0.3 is 25.4 Å². The summed E-state index contributed by atoms with van der Waals surface area (Å²) in [6.07, 6.45) is 1.10. The number of hydrogen-bond donors (Lipinski definition) is 2. The Morgan fingerprint density at radius 3 is 2.03 bits per heavy atom. The predicted molar refractivity (Wildman–Crippen MR) is 112 cm³/mol. The van der Waals surface area contributed by atoms with Gasteiger partial charge >= 0.3 is 0 Å². The molecule has 0 saturated carbocycles. The van der Waals surface area contributed by atoms with E-state index in [1.807, 2.05) is 0 Å². The molecule has 0 atom stereocenters. The summed E-state index contributed by atoms with van der Waals surface area (Å²) in [4.78, 5) is 38.5. The van der Waals surface area contributed by atoms with E-state index in [1.165, 1.54) is 14.2 Å². The Hall–Kier alpha value is -3.55. The van der Waals surface area contributed by atoms with Gasteiger partial charge in [0.2, 0.25) is 11.8 Å². The first-order valence-corrected chi connectivity index (χ1v) is 9.65. The van der Waals surface area contributed by atoms with Crippen molar-refractivity contribution in [1.29, 1.82) is 0 Å². The molecule has 2 aromatic rings. The van der Waals surface area contributed by atoms with Gasteiger partial charge in [-0.3, -0.25) is 14.4 Å². The minimum Gasteiger partial charge on any atom is -0.496 e. The largest absolute Gasteiger partial charge is 0.496 e. The van der Waals surface area contributed by atoms with Crippen LogP contribution in [-0.2, 0) is 4.79 Å². The van der Waals surface area contributed by atoms with Gasteiger partial charge in [0, 0.05) is 30.3 Å². The first-order valence-electron chi connectivity index (χ1n) is 9.65. The van der Waals surface area contributed by atoms with Gasteiger partial charge in [0.25, 0.3) is 5.91 Å². The number of anilines is 1. The van der Waals surface area contributed by atoms with Crippen LogP contribution in [0, 0.1) is 5.92 Å². The van der Waals surface area contributed by atoms with Crippen LogP contribution in [0.5, 0.6) is 11.5 Å². The van der Waals surface area contributed by atoms with Crippen LogP contribution in [0.1, 0.15) is 33.6 Å². The van der Waals surface area contributed by atoms with Crippen molar-refractivity contribution in [3.8, 4) is 11.5 Å². The minimum atomic E-state index is -0.517. The lowest BCUT2D eigenvalue weighted by atomic mass is 9.95. The molecule has 0 unspecified atom stereocenters. The van der Waals surface area contributed by atoms with Gasteiger partial charge in [-0.25, -0.2) is 0 Å². The van der Waals surface area contributed by atoms with Gasteiger partial charge in [-0.2, -0.15) is 0 Å². The number of likely N-dealkylation sites (tertiary alicyclic amines) is 1. The molecule has 1 fully saturated rings. The minimum absolute atomic E-state index is 0.108. The summed E-state index contributed by atoms with van der Waals surface area (Å²) >= 11 is 0. The number of rotatable bonds is 6. The van der Waals surface area contributed by atoms with Crippen molar-refractivity contribution in [2.24, 2.45) is 11.7 Å². The first kappa shape index (κ1) is 21.2. The number of ether oxygens (including phenoxy) is 2. The molecule has 3 rings (SSSR count). The van der Waals surface area contributed by atoms with Crippen molar-refractivity contribution in [3.05, 3.63) is 53.6 Å². The van der Waals surface area contributed by atoms with Crippen LogP contribution in [0.4, 0.5) is 5.69 Å². The van der Waals surface area contributed by atoms with Gasteiger partial charge in [0.1, 0.15) is 17.1 Å². The SMILES string of the molecule is COc1cccc(OC)c1C(=O)N1CCC(C(=O)Nc2ccc(C(N)=O)cc2)CC1. The van der Waals surface area contributed by atoms with Gasteiger partial charge in [0.15, 0.2) is 0 Å². The molecule has 1 saturated heterocycles. The van der Waals surface area contributed by atoms with E-state index in [0.717, 1.165) is 0 Å². The third-order valence-corrected chi connectivity index (χ3v) is 5.23. The Balaban J connectivity index is 1.61. The number of hydrogen-bond acceptors (Lipinski definition) is 5. The van der Waals surface area contributed by atoms with Crippen molar-refractivity contribution in [3.63, 3.8) is 0 Å². The number of nitrogens with two attached hydrogens (primary N) is 1. The van der Waals surface area contributed by atoms with E-state index >= 15 is 0 Å². The molecule has 1 aliphatic rings. The van der Waals surface area contributed by atoms with Crippen LogP contribution in [0.3, 0.4) is 0 Å². The fraction of sp³-hybridized carbons (Fsp3) is 0.318. The van der Waals surface area contributed by atoms with Crippen molar-refractivity contribution in [1.82, 2.24) is 4.90 Å². The van der Waals surface area contributed by atoms with Gasteiger partial charge in [-0.05, 0) is 49.2 Å². The lowest BCUT2D eigenvalue weighted by Gasteiger charge is -2.32. The standard InChI is InChI=1S/C22H25N3O5/c1-29-17-4-3-5-18(30-2)19(17)22(28)25-12-10-15(11-13-25)21(27)24-16-8-6-14(7-9-16)20(23)26/h3-9,15H,10-13H2,1-2H3,(H2,23,26)(H,24,27). The molecule has 0 spiro atoms. The number of nitrogens with one attached hydrogen (secondary N) is 1. The lowest BCUT2D eigenvalue weighted by Crippen LogP contribution is -2.41. The Kier molecular flexibility index (Phi) is 6.56. The zero-order valence-electron chi connectivity index (χ0n) is 17.0. The van der Waals surface area contributed by atoms with Gasteiger partial charge in [-0.1, -0.05) is 6.07 Å². The molecule has 0 bridgehead atoms. The second kappa shape index (κ2) is 9.30. The Bertz CT molecular complexity index is 912. The predicted octanol–water partition coefficient (Wildman–Crippen LogP) is 2.29. The first-order chi connectivity index (χ1) is 14.4. The fourth-order valence-corrected chi connectivity index (χ4v) is 3.53. The highest BCUT2D eigenvalue weighted by Crippen LogP contribution is 2.31. The number of methoxy groups -OCH3 is 2. The number of amides is 3. The quantitative estimate of drug-likeness (QED) is 0.758. The molecular formula is C22H25N3O5. The number of piperidine rings is 1. The second-order valence-electron chi connectivity index (χ2n) is 7.03. The van der Waals surface area contributed by atoms with Crippen LogP contribution in [0.2, 0.25) is 0 Å². The number of carbonyl (C=O) groups excluding carboxylic acids is 3. The third-order valence-electron chi connectivity index (χ3n) is 5.23. The van der Waals surface area contributed by atoms with E-state index in [1.54, 1.807) is 47.4 Å². The molecule has 2 aromatic carbocycles. The molecule has 30 heavy (non-hydrogen) atoms. The second-order valence-corrected chi connectivity index (χ2v) is 7.03. The van der Waals surface area contributed by atoms with Crippen LogP contribution in [-0.4, -0.2) is 49.9 Å². The topological polar surface area (TPSA) is 111 Å². The summed E-state index contributed by atoms with van der Waals surface area (Å²) in [5.74, 6) is -0.0905. The van der Waals surface area contributed by atoms with E-state index in [2.05, 4.69) is 5.32 Å². The van der Waals surface area contributed by atoms with Crippen molar-refractivity contribution >= 4 is 23.4 Å². The van der Waals surface area contributed by atoms with Crippen LogP contribution >= 0.6 is 0 Å². The zero-order chi connectivity index (χ0) is 21.7. The average Bonchev–Trinajstić information content (AvgIpc) is 2.78. The maximum absolute atomic E-state index is 13.0. The maximum Gasteiger partial charge on any atom is 0.261 e. The van der Waals surface area contributed by atoms with Crippen molar-refractivity contribution in [2.75, 3.05) is 32.6 Å². The molecule has 8 nitrogen and oxygen atoms in total. The summed E-state index contributed by atoms with van der Waals surface area (Å²) in [6, 6.07) is 11.6. The summed E-state index contributed by atoms with van der Waals surface area (Å²) < 4.78 is 10.7. The molecule has 158 valence electrons. The van der Waals surface area contributed by atoms with Crippen molar-refractivity contribution in [2.45, 2.75) is 12.8 Å². The number of nitrogens with zero attached hydrogens (tertiary/aromatic N) is 1. The van der Waals surface area contributed by atoms with E-state index in [9.17, 15) is 14.4 Å². The summed E-state index contributed by atoms with van der Waals surface area (Å²) in [5.41, 5.74) is 6.59. The van der Waals surface area contributed by atoms with E-state index in [4.69, 9.17) is 15.2 Å². The molecule has 0 radical (unpaired) electrons. The molecule has 0 aromatic heterocycles. The summed E-state index contributed by atoms with van der Waals surface area (Å²) in [7, 11) is 3.02. The Labute approximate surface area is 174 Å². The van der Waals surface area contributed by atoms with E-state index < -0.39 is 5.91 Å². The highest BCUT2D eigenvalue weighted by atomic mass is 16.5. The summed E-state index contributed by atoms with van der Waals surface area (Å²) in [6.45, 7) is 0.914. The van der Waals surface area contributed by atoms with Crippen LogP contribution in [0.25, 0.3) is 0 Å². The van der Waals surface area contributed by atoms with E-state index in [-0.39, 0.29) is 17.7 Å². The molecule has 3 amide bonds. The molecule has 1 aliphatic heterocycles. The van der Waals surface area contributed by atoms with Gasteiger partial charge in [0.05, 0.1) is 14.2 Å². The number of benzene rings is 2. The number of carbonyl (C=O) groups is 3. The molecular weight excluding hydrogens is 386 g/mol. The summed E-state index contributed by atoms with van der Waals surface area (Å²) in [5, 5.41) is 2.86. The Morgan fingerprint density at radius 1 is 0.967 bits per heavy atom. The molecule has 1 heterocycles. The van der Waals surface area contributed by atoms with E-state index in [0.29, 0.717) is 54.2 Å².